The zero-order chi connectivity index (χ0) is 15.3. The molecular formula is C15H25N3O2S. The van der Waals surface area contributed by atoms with Gasteiger partial charge in [-0.3, -0.25) is 0 Å². The fourth-order valence-corrected chi connectivity index (χ4v) is 3.65. The normalized spacial score (nSPS) is 25.0. The van der Waals surface area contributed by atoms with E-state index in [-0.39, 0.29) is 24.1 Å². The van der Waals surface area contributed by atoms with E-state index in [1.807, 2.05) is 19.2 Å². The number of carbonyl (C=O) groups excluding carboxylic acids is 1. The number of carbonyl (C=O) groups is 1. The van der Waals surface area contributed by atoms with Crippen molar-refractivity contribution in [2.45, 2.75) is 52.0 Å². The molecule has 1 fully saturated rings. The van der Waals surface area contributed by atoms with Crippen LogP contribution in [0.1, 0.15) is 43.3 Å². The van der Waals surface area contributed by atoms with Crippen LogP contribution in [0.3, 0.4) is 0 Å². The zero-order valence-electron chi connectivity index (χ0n) is 12.8. The lowest BCUT2D eigenvalue weighted by Gasteiger charge is -2.30. The standard InChI is InChI=1S/C15H25N3O2S/c1-11-9-21-13(17-11)6-4-8-16-14(20)18-12-5-3-7-15(12,2)10-19/h9,12,19H,3-8,10H2,1-2H3,(H2,16,18,20). The molecule has 2 rings (SSSR count). The number of thiazole rings is 1. The first kappa shape index (κ1) is 16.2. The molecule has 1 aromatic rings. The van der Waals surface area contributed by atoms with Gasteiger partial charge in [-0.25, -0.2) is 9.78 Å². The van der Waals surface area contributed by atoms with Gasteiger partial charge in [0.2, 0.25) is 0 Å². The number of amides is 2. The van der Waals surface area contributed by atoms with Crippen LogP contribution in [0, 0.1) is 12.3 Å². The van der Waals surface area contributed by atoms with Crippen LogP contribution in [0.15, 0.2) is 5.38 Å². The molecule has 3 N–H and O–H groups in total. The molecule has 1 heterocycles. The second kappa shape index (κ2) is 7.22. The lowest BCUT2D eigenvalue weighted by Crippen LogP contribution is -2.48. The SMILES string of the molecule is Cc1csc(CCCNC(=O)NC2CCCC2(C)CO)n1. The molecule has 21 heavy (non-hydrogen) atoms. The molecule has 0 radical (unpaired) electrons. The minimum atomic E-state index is -0.171. The van der Waals surface area contributed by atoms with Crippen LogP contribution in [-0.2, 0) is 6.42 Å². The maximum absolute atomic E-state index is 11.9. The van der Waals surface area contributed by atoms with Gasteiger partial charge in [-0.2, -0.15) is 0 Å². The van der Waals surface area contributed by atoms with Crippen molar-refractivity contribution < 1.29 is 9.90 Å². The van der Waals surface area contributed by atoms with Crippen molar-refractivity contribution in [2.24, 2.45) is 5.41 Å². The molecule has 1 aromatic heterocycles. The molecule has 2 unspecified atom stereocenters. The van der Waals surface area contributed by atoms with E-state index in [2.05, 4.69) is 15.6 Å². The maximum Gasteiger partial charge on any atom is 0.315 e. The molecule has 1 saturated carbocycles. The summed E-state index contributed by atoms with van der Waals surface area (Å²) in [5.74, 6) is 0. The Morgan fingerprint density at radius 3 is 3.10 bits per heavy atom. The molecule has 1 aliphatic rings. The quantitative estimate of drug-likeness (QED) is 0.705. The van der Waals surface area contributed by atoms with E-state index < -0.39 is 0 Å². The Hall–Kier alpha value is -1.14. The van der Waals surface area contributed by atoms with Crippen molar-refractivity contribution in [3.05, 3.63) is 16.1 Å². The molecule has 0 spiro atoms. The van der Waals surface area contributed by atoms with Crippen LogP contribution in [0.25, 0.3) is 0 Å². The van der Waals surface area contributed by atoms with E-state index >= 15 is 0 Å². The summed E-state index contributed by atoms with van der Waals surface area (Å²) >= 11 is 1.67. The lowest BCUT2D eigenvalue weighted by atomic mass is 9.86. The highest BCUT2D eigenvalue weighted by atomic mass is 32.1. The van der Waals surface area contributed by atoms with E-state index in [0.717, 1.165) is 42.8 Å². The predicted molar refractivity (Wildman–Crippen MR) is 84.5 cm³/mol. The van der Waals surface area contributed by atoms with Gasteiger partial charge in [0.1, 0.15) is 0 Å². The summed E-state index contributed by atoms with van der Waals surface area (Å²) in [6, 6.07) is -0.0546. The van der Waals surface area contributed by atoms with Gasteiger partial charge in [-0.05, 0) is 26.2 Å². The molecule has 2 atom stereocenters. The number of hydrogen-bond acceptors (Lipinski definition) is 4. The van der Waals surface area contributed by atoms with Crippen LogP contribution in [0.2, 0.25) is 0 Å². The molecule has 0 saturated heterocycles. The van der Waals surface area contributed by atoms with Crippen LogP contribution in [-0.4, -0.2) is 35.3 Å². The van der Waals surface area contributed by atoms with E-state index in [0.29, 0.717) is 6.54 Å². The van der Waals surface area contributed by atoms with E-state index in [1.165, 1.54) is 0 Å². The Kier molecular flexibility index (Phi) is 5.58. The third kappa shape index (κ3) is 4.41. The summed E-state index contributed by atoms with van der Waals surface area (Å²) in [7, 11) is 0. The molecule has 0 bridgehead atoms. The minimum absolute atomic E-state index is 0.0733. The Labute approximate surface area is 130 Å². The molecule has 2 amide bonds. The number of aryl methyl sites for hydroxylation is 2. The fraction of sp³-hybridized carbons (Fsp3) is 0.733. The molecule has 0 aliphatic heterocycles. The highest BCUT2D eigenvalue weighted by molar-refractivity contribution is 7.09. The summed E-state index contributed by atoms with van der Waals surface area (Å²) < 4.78 is 0. The summed E-state index contributed by atoms with van der Waals surface area (Å²) in [6.07, 6.45) is 4.77. The van der Waals surface area contributed by atoms with Crippen molar-refractivity contribution >= 4 is 17.4 Å². The highest BCUT2D eigenvalue weighted by Gasteiger charge is 2.38. The molecule has 6 heteroatoms. The van der Waals surface area contributed by atoms with Crippen molar-refractivity contribution in [3.8, 4) is 0 Å². The first-order chi connectivity index (χ1) is 10.0. The van der Waals surface area contributed by atoms with Crippen LogP contribution in [0.5, 0.6) is 0 Å². The number of aliphatic hydroxyl groups excluding tert-OH is 1. The van der Waals surface area contributed by atoms with Crippen LogP contribution >= 0.6 is 11.3 Å². The summed E-state index contributed by atoms with van der Waals surface area (Å²) in [5, 5.41) is 18.5. The van der Waals surface area contributed by atoms with Gasteiger partial charge in [-0.15, -0.1) is 11.3 Å². The number of aliphatic hydroxyl groups is 1. The smallest absolute Gasteiger partial charge is 0.315 e. The third-order valence-corrected chi connectivity index (χ3v) is 5.29. The predicted octanol–water partition coefficient (Wildman–Crippen LogP) is 2.23. The molecule has 1 aliphatic carbocycles. The number of nitrogens with zero attached hydrogens (tertiary/aromatic N) is 1. The van der Waals surface area contributed by atoms with Gasteiger partial charge >= 0.3 is 6.03 Å². The molecule has 118 valence electrons. The molecular weight excluding hydrogens is 286 g/mol. The van der Waals surface area contributed by atoms with Gasteiger partial charge in [-0.1, -0.05) is 13.3 Å². The van der Waals surface area contributed by atoms with Gasteiger partial charge in [0.15, 0.2) is 0 Å². The number of hydrogen-bond donors (Lipinski definition) is 3. The maximum atomic E-state index is 11.9. The number of aromatic nitrogens is 1. The van der Waals surface area contributed by atoms with Crippen molar-refractivity contribution in [1.82, 2.24) is 15.6 Å². The fourth-order valence-electron chi connectivity index (χ4n) is 2.84. The van der Waals surface area contributed by atoms with Crippen LogP contribution < -0.4 is 10.6 Å². The third-order valence-electron chi connectivity index (χ3n) is 4.27. The van der Waals surface area contributed by atoms with Crippen molar-refractivity contribution in [3.63, 3.8) is 0 Å². The topological polar surface area (TPSA) is 74.2 Å². The average molecular weight is 311 g/mol. The van der Waals surface area contributed by atoms with Gasteiger partial charge in [0, 0.05) is 35.5 Å². The van der Waals surface area contributed by atoms with E-state index in [4.69, 9.17) is 0 Å². The number of rotatable bonds is 6. The Balaban J connectivity index is 1.66. The van der Waals surface area contributed by atoms with Crippen molar-refractivity contribution in [1.29, 1.82) is 0 Å². The highest BCUT2D eigenvalue weighted by Crippen LogP contribution is 2.37. The van der Waals surface area contributed by atoms with Crippen LogP contribution in [0.4, 0.5) is 4.79 Å². The largest absolute Gasteiger partial charge is 0.396 e. The monoisotopic (exact) mass is 311 g/mol. The summed E-state index contributed by atoms with van der Waals surface area (Å²) in [4.78, 5) is 16.3. The van der Waals surface area contributed by atoms with E-state index in [1.54, 1.807) is 11.3 Å². The Morgan fingerprint density at radius 2 is 2.43 bits per heavy atom. The van der Waals surface area contributed by atoms with Gasteiger partial charge < -0.3 is 15.7 Å². The van der Waals surface area contributed by atoms with E-state index in [9.17, 15) is 9.90 Å². The second-order valence-electron chi connectivity index (χ2n) is 6.14. The van der Waals surface area contributed by atoms with Crippen molar-refractivity contribution in [2.75, 3.05) is 13.2 Å². The summed E-state index contributed by atoms with van der Waals surface area (Å²) in [5.41, 5.74) is 0.890. The number of nitrogens with one attached hydrogen (secondary N) is 2. The first-order valence-electron chi connectivity index (χ1n) is 7.60. The Morgan fingerprint density at radius 1 is 1.62 bits per heavy atom. The molecule has 5 nitrogen and oxygen atoms in total. The summed E-state index contributed by atoms with van der Waals surface area (Å²) in [6.45, 7) is 4.80. The molecule has 0 aromatic carbocycles. The minimum Gasteiger partial charge on any atom is -0.396 e. The zero-order valence-corrected chi connectivity index (χ0v) is 13.6. The first-order valence-corrected chi connectivity index (χ1v) is 8.48. The lowest BCUT2D eigenvalue weighted by molar-refractivity contribution is 0.121. The van der Waals surface area contributed by atoms with Gasteiger partial charge in [0.25, 0.3) is 0 Å². The Bertz CT molecular complexity index is 477. The van der Waals surface area contributed by atoms with Gasteiger partial charge in [0.05, 0.1) is 11.6 Å². The second-order valence-corrected chi connectivity index (χ2v) is 7.09. The average Bonchev–Trinajstić information content (AvgIpc) is 3.03. The number of urea groups is 1.